The smallest absolute Gasteiger partial charge is 0 e. The third kappa shape index (κ3) is 8.93. The van der Waals surface area contributed by atoms with E-state index in [2.05, 4.69) is 0 Å². The minimum atomic E-state index is 0. The van der Waals surface area contributed by atoms with Gasteiger partial charge in [-0.2, -0.15) is 0 Å². The zero-order chi connectivity index (χ0) is 0. The van der Waals surface area contributed by atoms with Crippen LogP contribution in [-0.2, 0) is 45.7 Å². The van der Waals surface area contributed by atoms with Crippen molar-refractivity contribution in [1.82, 2.24) is 0 Å². The third-order valence-corrected chi connectivity index (χ3v) is 0. The molecule has 0 nitrogen and oxygen atoms in total. The molecule has 18 valence electrons. The maximum Gasteiger partial charge on any atom is 0.187 e. The van der Waals surface area contributed by atoms with Crippen LogP contribution in [0.4, 0.5) is 0 Å². The van der Waals surface area contributed by atoms with Crippen LogP contribution in [-0.4, -0.2) is 25.8 Å². The summed E-state index contributed by atoms with van der Waals surface area (Å²) in [6.45, 7) is 0. The Kier molecular flexibility index (Phi) is 174. The van der Waals surface area contributed by atoms with Crippen molar-refractivity contribution in [3.05, 3.63) is 0 Å². The molecular weight excluding hydrogens is 194 g/mol. The van der Waals surface area contributed by atoms with Crippen molar-refractivity contribution < 1.29 is 45.7 Å². The second kappa shape index (κ2) is 19.4. The topological polar surface area (TPSA) is 0 Å². The fraction of sp³-hybridized carbons (Fsp3) is 0. The van der Waals surface area contributed by atoms with E-state index in [-0.39, 0.29) is 71.5 Å². The van der Waals surface area contributed by atoms with E-state index in [1.807, 2.05) is 0 Å². The molecule has 0 bridgehead atoms. The second-order valence-electron chi connectivity index (χ2n) is 0. The summed E-state index contributed by atoms with van der Waals surface area (Å²) >= 11 is 0. The molecule has 0 saturated heterocycles. The first-order chi connectivity index (χ1) is 0. The van der Waals surface area contributed by atoms with E-state index in [1.54, 1.807) is 0 Å². The maximum absolute atomic E-state index is 0. The molecule has 0 aromatic heterocycles. The normalized spacial score (nSPS) is 0. The molecule has 0 rings (SSSR count). The van der Waals surface area contributed by atoms with Gasteiger partial charge >= 0.3 is 0 Å². The predicted octanol–water partition coefficient (Wildman–Crippen LogP) is -2.37. The molecule has 0 aliphatic rings. The van der Waals surface area contributed by atoms with Crippen molar-refractivity contribution in [2.45, 2.75) is 0 Å². The van der Waals surface area contributed by atoms with E-state index in [4.69, 9.17) is 0 Å². The Morgan fingerprint density at radius 3 is 1.00 bits per heavy atom. The molecule has 0 N–H and O–H groups in total. The van der Waals surface area contributed by atoms with Gasteiger partial charge in [0.05, 0.1) is 8.41 Å². The van der Waals surface area contributed by atoms with Gasteiger partial charge in [-0.3, -0.25) is 0 Å². The summed E-state index contributed by atoms with van der Waals surface area (Å²) in [7, 11) is 0. The Morgan fingerprint density at radius 2 is 1.00 bits per heavy atom. The molecule has 0 unspecified atom stereocenters. The molecule has 4 heteroatoms. The average molecular weight is 200 g/mol. The molecule has 0 heterocycles. The monoisotopic (exact) mass is 198 g/mol. The van der Waals surface area contributed by atoms with Gasteiger partial charge in [0.25, 0.3) is 0 Å². The van der Waals surface area contributed by atoms with Gasteiger partial charge < -0.3 is 0 Å². The van der Waals surface area contributed by atoms with Crippen LogP contribution in [0.5, 0.6) is 0 Å². The minimum absolute atomic E-state index is 0. The quantitative estimate of drug-likeness (QED) is 0.384. The van der Waals surface area contributed by atoms with Crippen LogP contribution in [0.15, 0.2) is 0 Å². The first-order valence-electron chi connectivity index (χ1n) is 0. The van der Waals surface area contributed by atoms with Crippen LogP contribution in [0.1, 0.15) is 0 Å². The first kappa shape index (κ1) is 35.9. The van der Waals surface area contributed by atoms with Gasteiger partial charge in [0.2, 0.25) is 0 Å². The van der Waals surface area contributed by atoms with E-state index in [1.165, 1.54) is 0 Å². The summed E-state index contributed by atoms with van der Waals surface area (Å²) in [5.74, 6) is 0. The molecule has 0 aromatic carbocycles. The van der Waals surface area contributed by atoms with Crippen molar-refractivity contribution in [2.24, 2.45) is 0 Å². The van der Waals surface area contributed by atoms with E-state index in [9.17, 15) is 0 Å². The molecule has 0 radical (unpaired) electrons. The molecule has 0 spiro atoms. The van der Waals surface area contributed by atoms with Crippen LogP contribution >= 0.6 is 0 Å². The molecule has 0 aliphatic carbocycles. The molecule has 0 atom stereocenters. The van der Waals surface area contributed by atoms with Crippen LogP contribution in [0.2, 0.25) is 0 Å². The zero-order valence-electron chi connectivity index (χ0n) is 1.21. The van der Waals surface area contributed by atoms with Gasteiger partial charge in [-0.1, -0.05) is 0 Å². The summed E-state index contributed by atoms with van der Waals surface area (Å²) in [6.07, 6.45) is 0. The third-order valence-electron chi connectivity index (χ3n) is 0. The number of hydrogen-bond donors (Lipinski definition) is 0. The zero-order valence-corrected chi connectivity index (χ0v) is 6.63. The Labute approximate surface area is 70.7 Å². The van der Waals surface area contributed by atoms with E-state index >= 15 is 0 Å². The van der Waals surface area contributed by atoms with Crippen molar-refractivity contribution in [2.75, 3.05) is 0 Å². The van der Waals surface area contributed by atoms with Gasteiger partial charge in [-0.05, 0) is 0 Å². The van der Waals surface area contributed by atoms with E-state index < -0.39 is 0 Å². The van der Waals surface area contributed by atoms with Gasteiger partial charge in [-0.15, -0.1) is 0 Å². The number of hydrogen-bond acceptors (Lipinski definition) is 0. The van der Waals surface area contributed by atoms with Crippen molar-refractivity contribution in [1.29, 1.82) is 0 Å². The second-order valence-corrected chi connectivity index (χ2v) is 0. The molecule has 4 heavy (non-hydrogen) atoms. The maximum atomic E-state index is 0. The summed E-state index contributed by atoms with van der Waals surface area (Å²) < 4.78 is 0. The van der Waals surface area contributed by atoms with Crippen LogP contribution < -0.4 is 0 Å². The molecule has 0 aromatic rings. The molecule has 0 fully saturated rings. The Bertz CT molecular complexity index is 8.00. The van der Waals surface area contributed by atoms with Crippen molar-refractivity contribution in [3.63, 3.8) is 0 Å². The Hall–Kier alpha value is 2.10. The van der Waals surface area contributed by atoms with Crippen LogP contribution in [0, 0.1) is 0 Å². The van der Waals surface area contributed by atoms with Crippen molar-refractivity contribution >= 4 is 25.8 Å². The first-order valence-corrected chi connectivity index (χ1v) is 0. The largest absolute Gasteiger partial charge is 0.187 e. The van der Waals surface area contributed by atoms with Crippen molar-refractivity contribution in [3.8, 4) is 0 Å². The predicted molar refractivity (Wildman–Crippen MR) is 19.9 cm³/mol. The van der Waals surface area contributed by atoms with Gasteiger partial charge in [0.15, 0.2) is 17.4 Å². The summed E-state index contributed by atoms with van der Waals surface area (Å²) in [4.78, 5) is 0. The standard InChI is InChI=1S/Al.BH3.Zn.Zr.3H/h;1H3;;;;;. The van der Waals surface area contributed by atoms with Gasteiger partial charge in [-0.25, -0.2) is 0 Å². The SMILES string of the molecule is B.[AlH3].[Zn].[Zr]. The fourth-order valence-electron chi connectivity index (χ4n) is 0. The summed E-state index contributed by atoms with van der Waals surface area (Å²) in [5.41, 5.74) is 0. The van der Waals surface area contributed by atoms with Crippen LogP contribution in [0.25, 0.3) is 0 Å². The Balaban J connectivity index is 0. The summed E-state index contributed by atoms with van der Waals surface area (Å²) in [6, 6.07) is 0. The number of rotatable bonds is 0. The Morgan fingerprint density at radius 1 is 1.00 bits per heavy atom. The van der Waals surface area contributed by atoms with Crippen LogP contribution in [0.3, 0.4) is 0 Å². The molecular formula is H6AlBZnZr. The average Bonchev–Trinajstić information content (AvgIpc) is 0. The van der Waals surface area contributed by atoms with E-state index in [0.717, 1.165) is 0 Å². The molecule has 0 saturated carbocycles. The van der Waals surface area contributed by atoms with E-state index in [0.29, 0.717) is 0 Å². The minimum Gasteiger partial charge on any atom is 0 e. The van der Waals surface area contributed by atoms with Gasteiger partial charge in [0, 0.05) is 45.7 Å². The fourth-order valence-corrected chi connectivity index (χ4v) is 0. The van der Waals surface area contributed by atoms with Gasteiger partial charge in [0.1, 0.15) is 0 Å². The summed E-state index contributed by atoms with van der Waals surface area (Å²) in [5, 5.41) is 0. The molecule has 0 amide bonds. The molecule has 0 aliphatic heterocycles.